The van der Waals surface area contributed by atoms with Crippen molar-refractivity contribution in [3.05, 3.63) is 29.3 Å². The second-order valence-electron chi connectivity index (χ2n) is 3.82. The lowest BCUT2D eigenvalue weighted by molar-refractivity contribution is -0.118. The summed E-state index contributed by atoms with van der Waals surface area (Å²) in [6.45, 7) is -4.92. The van der Waals surface area contributed by atoms with Crippen LogP contribution in [0.5, 0.6) is 0 Å². The topological polar surface area (TPSA) is 17.1 Å². The third-order valence-electron chi connectivity index (χ3n) is 2.67. The molecule has 0 saturated carbocycles. The van der Waals surface area contributed by atoms with E-state index in [-0.39, 0.29) is 12.2 Å². The quantitative estimate of drug-likeness (QED) is 0.650. The zero-order chi connectivity index (χ0) is 11.1. The van der Waals surface area contributed by atoms with E-state index in [1.807, 2.05) is 0 Å². The molecule has 0 saturated heterocycles. The van der Waals surface area contributed by atoms with Crippen LogP contribution in [0.3, 0.4) is 0 Å². The minimum Gasteiger partial charge on any atom is -0.445 e. The van der Waals surface area contributed by atoms with Crippen molar-refractivity contribution < 1.29 is 17.7 Å². The number of carbonyl (C=O) groups is 1. The standard InChI is InChI=1S/C10H9BF3O/c12-11(13,14)9-3-1-8-6-10(15)4-2-7(8)5-9/h1,3,5H,2,4,6H2/q-1. The number of fused-ring (bicyclic) bond motifs is 1. The third kappa shape index (κ3) is 2.06. The van der Waals surface area contributed by atoms with E-state index in [4.69, 9.17) is 0 Å². The Morgan fingerprint density at radius 3 is 2.47 bits per heavy atom. The van der Waals surface area contributed by atoms with E-state index in [2.05, 4.69) is 0 Å². The van der Waals surface area contributed by atoms with E-state index in [0.717, 1.165) is 11.6 Å². The summed E-state index contributed by atoms with van der Waals surface area (Å²) in [6.07, 6.45) is 1.08. The van der Waals surface area contributed by atoms with Gasteiger partial charge in [-0.2, -0.15) is 0 Å². The van der Waals surface area contributed by atoms with Crippen molar-refractivity contribution in [2.75, 3.05) is 0 Å². The van der Waals surface area contributed by atoms with Gasteiger partial charge in [0.2, 0.25) is 0 Å². The average Bonchev–Trinajstić information content (AvgIpc) is 2.15. The lowest BCUT2D eigenvalue weighted by Gasteiger charge is -2.20. The molecule has 0 aliphatic heterocycles. The first-order valence-corrected chi connectivity index (χ1v) is 4.80. The summed E-state index contributed by atoms with van der Waals surface area (Å²) < 4.78 is 37.3. The Balaban J connectivity index is 2.39. The normalized spacial score (nSPS) is 16.3. The lowest BCUT2D eigenvalue weighted by atomic mass is 9.77. The van der Waals surface area contributed by atoms with Gasteiger partial charge in [0, 0.05) is 12.8 Å². The van der Waals surface area contributed by atoms with Gasteiger partial charge in [-0.05, 0) is 17.5 Å². The zero-order valence-corrected chi connectivity index (χ0v) is 7.97. The predicted octanol–water partition coefficient (Wildman–Crippen LogP) is 1.80. The molecule has 0 N–H and O–H groups in total. The minimum absolute atomic E-state index is 0.104. The van der Waals surface area contributed by atoms with Crippen LogP contribution in [0.2, 0.25) is 0 Å². The van der Waals surface area contributed by atoms with Crippen molar-refractivity contribution in [2.24, 2.45) is 0 Å². The number of aryl methyl sites for hydroxylation is 1. The molecule has 1 aliphatic carbocycles. The van der Waals surface area contributed by atoms with Crippen LogP contribution in [-0.4, -0.2) is 12.8 Å². The Morgan fingerprint density at radius 1 is 1.07 bits per heavy atom. The van der Waals surface area contributed by atoms with Crippen molar-refractivity contribution >= 4 is 18.2 Å². The third-order valence-corrected chi connectivity index (χ3v) is 2.67. The number of hydrogen-bond acceptors (Lipinski definition) is 1. The first-order valence-electron chi connectivity index (χ1n) is 4.80. The molecule has 0 radical (unpaired) electrons. The van der Waals surface area contributed by atoms with Crippen LogP contribution in [0.25, 0.3) is 0 Å². The highest BCUT2D eigenvalue weighted by atomic mass is 19.4. The fourth-order valence-electron chi connectivity index (χ4n) is 1.83. The van der Waals surface area contributed by atoms with Crippen LogP contribution < -0.4 is 5.46 Å². The van der Waals surface area contributed by atoms with Crippen LogP contribution in [0, 0.1) is 0 Å². The summed E-state index contributed by atoms with van der Waals surface area (Å²) in [7, 11) is 0. The number of halogens is 3. The molecule has 0 bridgehead atoms. The van der Waals surface area contributed by atoms with Crippen LogP contribution in [0.4, 0.5) is 12.9 Å². The molecule has 80 valence electrons. The van der Waals surface area contributed by atoms with Gasteiger partial charge < -0.3 is 12.9 Å². The Kier molecular flexibility index (Phi) is 2.33. The predicted molar refractivity (Wildman–Crippen MR) is 52.2 cm³/mol. The van der Waals surface area contributed by atoms with Gasteiger partial charge in [-0.15, -0.1) is 5.46 Å². The van der Waals surface area contributed by atoms with Crippen LogP contribution in [0.1, 0.15) is 17.5 Å². The highest BCUT2D eigenvalue weighted by molar-refractivity contribution is 6.73. The monoisotopic (exact) mass is 213 g/mol. The Labute approximate surface area is 85.3 Å². The Hall–Kier alpha value is -1.26. The van der Waals surface area contributed by atoms with E-state index >= 15 is 0 Å². The summed E-state index contributed by atoms with van der Waals surface area (Å²) >= 11 is 0. The molecule has 0 heterocycles. The SMILES string of the molecule is O=C1CCc2cc([B-](F)(F)F)ccc2C1. The number of carbonyl (C=O) groups excluding carboxylic acids is 1. The number of benzene rings is 1. The number of Topliss-reactive ketones (excluding diaryl/α,β-unsaturated/α-hetero) is 1. The van der Waals surface area contributed by atoms with Gasteiger partial charge in [0.25, 0.3) is 0 Å². The molecule has 0 atom stereocenters. The van der Waals surface area contributed by atoms with Gasteiger partial charge in [-0.3, -0.25) is 4.79 Å². The van der Waals surface area contributed by atoms with Crippen LogP contribution in [0.15, 0.2) is 18.2 Å². The van der Waals surface area contributed by atoms with Gasteiger partial charge >= 0.3 is 6.98 Å². The highest BCUT2D eigenvalue weighted by Gasteiger charge is 2.27. The molecule has 15 heavy (non-hydrogen) atoms. The van der Waals surface area contributed by atoms with Gasteiger partial charge in [0.05, 0.1) is 0 Å². The maximum atomic E-state index is 12.4. The molecule has 0 aromatic heterocycles. The van der Waals surface area contributed by atoms with Crippen molar-refractivity contribution in [3.8, 4) is 0 Å². The lowest BCUT2D eigenvalue weighted by Crippen LogP contribution is -2.34. The number of rotatable bonds is 1. The molecule has 1 aromatic carbocycles. The average molecular weight is 213 g/mol. The molecule has 5 heteroatoms. The van der Waals surface area contributed by atoms with Crippen molar-refractivity contribution in [3.63, 3.8) is 0 Å². The largest absolute Gasteiger partial charge is 0.509 e. The molecule has 1 nitrogen and oxygen atoms in total. The minimum atomic E-state index is -4.92. The van der Waals surface area contributed by atoms with Crippen molar-refractivity contribution in [1.82, 2.24) is 0 Å². The molecule has 0 amide bonds. The second kappa shape index (κ2) is 3.40. The molecule has 0 spiro atoms. The maximum Gasteiger partial charge on any atom is 0.509 e. The smallest absolute Gasteiger partial charge is 0.445 e. The van der Waals surface area contributed by atoms with Gasteiger partial charge in [0.15, 0.2) is 0 Å². The summed E-state index contributed by atoms with van der Waals surface area (Å²) in [5.41, 5.74) is 0.851. The fraction of sp³-hybridized carbons (Fsp3) is 0.300. The van der Waals surface area contributed by atoms with Crippen LogP contribution >= 0.6 is 0 Å². The molecular weight excluding hydrogens is 204 g/mol. The van der Waals surface area contributed by atoms with Crippen molar-refractivity contribution in [1.29, 1.82) is 0 Å². The Bertz CT molecular complexity index is 412. The van der Waals surface area contributed by atoms with Crippen LogP contribution in [-0.2, 0) is 17.6 Å². The van der Waals surface area contributed by atoms with Gasteiger partial charge in [-0.25, -0.2) is 0 Å². The number of hydrogen-bond donors (Lipinski definition) is 0. The van der Waals surface area contributed by atoms with Gasteiger partial charge in [0.1, 0.15) is 5.78 Å². The molecule has 1 aromatic rings. The fourth-order valence-corrected chi connectivity index (χ4v) is 1.83. The zero-order valence-electron chi connectivity index (χ0n) is 7.97. The molecule has 0 unspecified atom stereocenters. The first-order chi connectivity index (χ1) is 6.97. The van der Waals surface area contributed by atoms with E-state index < -0.39 is 12.4 Å². The summed E-state index contributed by atoms with van der Waals surface area (Å²) in [4.78, 5) is 11.1. The van der Waals surface area contributed by atoms with Crippen molar-refractivity contribution in [2.45, 2.75) is 19.3 Å². The summed E-state index contributed by atoms with van der Waals surface area (Å²) in [6, 6.07) is 3.68. The number of ketones is 1. The van der Waals surface area contributed by atoms with E-state index in [0.29, 0.717) is 18.4 Å². The summed E-state index contributed by atoms with van der Waals surface area (Å²) in [5.74, 6) is 0.104. The van der Waals surface area contributed by atoms with E-state index in [9.17, 15) is 17.7 Å². The molecular formula is C10H9BF3O-. The molecule has 2 rings (SSSR count). The summed E-state index contributed by atoms with van der Waals surface area (Å²) in [5, 5.41) is 0. The molecule has 0 fully saturated rings. The first kappa shape index (κ1) is 10.3. The Morgan fingerprint density at radius 2 is 1.80 bits per heavy atom. The second-order valence-corrected chi connectivity index (χ2v) is 3.82. The van der Waals surface area contributed by atoms with E-state index in [1.165, 1.54) is 12.1 Å². The molecule has 1 aliphatic rings. The van der Waals surface area contributed by atoms with E-state index in [1.54, 1.807) is 0 Å². The van der Waals surface area contributed by atoms with Gasteiger partial charge in [-0.1, -0.05) is 18.2 Å². The maximum absolute atomic E-state index is 12.4. The highest BCUT2D eigenvalue weighted by Crippen LogP contribution is 2.20.